The van der Waals surface area contributed by atoms with Crippen molar-refractivity contribution in [2.24, 2.45) is 5.92 Å². The van der Waals surface area contributed by atoms with Crippen molar-refractivity contribution < 1.29 is 36.0 Å². The molecule has 0 bridgehead atoms. The van der Waals surface area contributed by atoms with Crippen LogP contribution in [0.5, 0.6) is 0 Å². The predicted molar refractivity (Wildman–Crippen MR) is 109 cm³/mol. The Labute approximate surface area is 188 Å². The van der Waals surface area contributed by atoms with E-state index in [2.05, 4.69) is 19.9 Å². The maximum absolute atomic E-state index is 12.0. The second-order valence-corrected chi connectivity index (χ2v) is 10.2. The first kappa shape index (κ1) is 25.2. The van der Waals surface area contributed by atoms with Gasteiger partial charge < -0.3 is 9.63 Å². The predicted octanol–water partition coefficient (Wildman–Crippen LogP) is 1.92. The lowest BCUT2D eigenvalue weighted by molar-refractivity contribution is -0.192. The van der Waals surface area contributed by atoms with Crippen molar-refractivity contribution >= 4 is 16.0 Å². The van der Waals surface area contributed by atoms with Crippen LogP contribution in [0.1, 0.15) is 36.4 Å². The number of fused-ring (bicyclic) bond motifs is 1. The van der Waals surface area contributed by atoms with Crippen molar-refractivity contribution in [1.82, 2.24) is 24.6 Å². The zero-order chi connectivity index (χ0) is 24.2. The minimum atomic E-state index is -5.08. The summed E-state index contributed by atoms with van der Waals surface area (Å²) >= 11 is 0. The van der Waals surface area contributed by atoms with E-state index < -0.39 is 22.2 Å². The van der Waals surface area contributed by atoms with E-state index in [4.69, 9.17) is 14.4 Å². The van der Waals surface area contributed by atoms with Crippen LogP contribution >= 0.6 is 0 Å². The van der Waals surface area contributed by atoms with E-state index in [1.54, 1.807) is 0 Å². The molecule has 1 aliphatic heterocycles. The third-order valence-electron chi connectivity index (χ3n) is 5.26. The minimum absolute atomic E-state index is 0.166. The van der Waals surface area contributed by atoms with Crippen LogP contribution in [0.3, 0.4) is 0 Å². The summed E-state index contributed by atoms with van der Waals surface area (Å²) in [5, 5.41) is 15.5. The molecule has 1 fully saturated rings. The number of carbonyl (C=O) groups is 1. The lowest BCUT2D eigenvalue weighted by atomic mass is 10.1. The zero-order valence-electron chi connectivity index (χ0n) is 18.0. The van der Waals surface area contributed by atoms with Crippen LogP contribution in [0, 0.1) is 12.8 Å². The summed E-state index contributed by atoms with van der Waals surface area (Å²) in [6.07, 6.45) is -0.883. The highest BCUT2D eigenvalue weighted by Gasteiger charge is 2.38. The highest BCUT2D eigenvalue weighted by molar-refractivity contribution is 7.90. The molecule has 4 rings (SSSR count). The topological polar surface area (TPSA) is 131 Å². The van der Waals surface area contributed by atoms with Crippen molar-refractivity contribution in [3.63, 3.8) is 0 Å². The molecule has 2 aromatic rings. The molecule has 2 N–H and O–H groups in total. The number of aryl methyl sites for hydroxylation is 1. The molecular weight excluding hydrogens is 467 g/mol. The summed E-state index contributed by atoms with van der Waals surface area (Å²) in [7, 11) is -3.11. The molecular formula is C19H26F3N5O5S. The quantitative estimate of drug-likeness (QED) is 0.598. The molecule has 0 radical (unpaired) electrons. The zero-order valence-corrected chi connectivity index (χ0v) is 18.8. The summed E-state index contributed by atoms with van der Waals surface area (Å²) in [6, 6.07) is 4.00. The number of aliphatic carboxylic acids is 1. The number of hydrogen-bond donors (Lipinski definition) is 2. The molecule has 0 aromatic carbocycles. The average Bonchev–Trinajstić information content (AvgIpc) is 3.41. The first-order valence-electron chi connectivity index (χ1n) is 10.4. The van der Waals surface area contributed by atoms with Crippen molar-refractivity contribution in [2.45, 2.75) is 57.2 Å². The molecule has 10 nitrogen and oxygen atoms in total. The fourth-order valence-corrected chi connectivity index (χ4v) is 4.94. The highest BCUT2D eigenvalue weighted by atomic mass is 32.2. The van der Waals surface area contributed by atoms with E-state index in [1.165, 1.54) is 5.69 Å². The molecule has 0 saturated heterocycles. The average molecular weight is 494 g/mol. The number of rotatable bonds is 7. The van der Waals surface area contributed by atoms with Crippen LogP contribution < -0.4 is 4.72 Å². The van der Waals surface area contributed by atoms with Gasteiger partial charge in [0.25, 0.3) is 0 Å². The Morgan fingerprint density at radius 3 is 2.61 bits per heavy atom. The monoisotopic (exact) mass is 493 g/mol. The summed E-state index contributed by atoms with van der Waals surface area (Å²) in [5.74, 6) is -1.62. The van der Waals surface area contributed by atoms with Gasteiger partial charge >= 0.3 is 12.1 Å². The van der Waals surface area contributed by atoms with Crippen molar-refractivity contribution in [1.29, 1.82) is 0 Å². The minimum Gasteiger partial charge on any atom is -0.475 e. The van der Waals surface area contributed by atoms with Gasteiger partial charge in [0.2, 0.25) is 10.0 Å². The number of halogens is 3. The molecule has 1 aliphatic carbocycles. The number of aromatic nitrogens is 3. The Kier molecular flexibility index (Phi) is 7.80. The van der Waals surface area contributed by atoms with Gasteiger partial charge in [0.15, 0.2) is 0 Å². The van der Waals surface area contributed by atoms with Crippen LogP contribution in [-0.2, 0) is 34.5 Å². The van der Waals surface area contributed by atoms with Crippen LogP contribution in [0.2, 0.25) is 0 Å². The Balaban J connectivity index is 0.000000383. The molecule has 184 valence electrons. The normalized spacial score (nSPS) is 19.3. The Hall–Kier alpha value is -2.45. The number of sulfonamides is 1. The number of hydrogen-bond acceptors (Lipinski definition) is 7. The van der Waals surface area contributed by atoms with Gasteiger partial charge in [-0.3, -0.25) is 9.58 Å². The fourth-order valence-electron chi connectivity index (χ4n) is 3.55. The lowest BCUT2D eigenvalue weighted by Gasteiger charge is -2.23. The third kappa shape index (κ3) is 7.54. The third-order valence-corrected chi connectivity index (χ3v) is 7.22. The van der Waals surface area contributed by atoms with Crippen LogP contribution in [0.25, 0.3) is 0 Å². The smallest absolute Gasteiger partial charge is 0.475 e. The number of nitrogens with one attached hydrogen (secondary N) is 1. The molecule has 1 saturated carbocycles. The van der Waals surface area contributed by atoms with E-state index in [1.807, 2.05) is 29.9 Å². The maximum Gasteiger partial charge on any atom is 0.490 e. The maximum atomic E-state index is 12.0. The van der Waals surface area contributed by atoms with Crippen molar-refractivity contribution in [2.75, 3.05) is 13.1 Å². The summed E-state index contributed by atoms with van der Waals surface area (Å²) < 4.78 is 65.7. The SMILES string of the molecule is Cc1cc(CN2Cc3ccnn3CC(CCNS(=O)(=O)C3CC3)C2)no1.O=C(O)C(F)(F)F. The van der Waals surface area contributed by atoms with Gasteiger partial charge in [-0.2, -0.15) is 18.3 Å². The number of carboxylic acids is 1. The molecule has 3 heterocycles. The van der Waals surface area contributed by atoms with Crippen LogP contribution in [0.4, 0.5) is 13.2 Å². The van der Waals surface area contributed by atoms with E-state index >= 15 is 0 Å². The lowest BCUT2D eigenvalue weighted by Crippen LogP contribution is -2.32. The molecule has 2 aliphatic rings. The van der Waals surface area contributed by atoms with E-state index in [0.717, 1.165) is 50.4 Å². The number of nitrogens with zero attached hydrogens (tertiary/aromatic N) is 4. The van der Waals surface area contributed by atoms with Crippen molar-refractivity contribution in [3.05, 3.63) is 35.5 Å². The molecule has 2 aromatic heterocycles. The van der Waals surface area contributed by atoms with Gasteiger partial charge in [-0.05, 0) is 38.2 Å². The largest absolute Gasteiger partial charge is 0.490 e. The Morgan fingerprint density at radius 1 is 1.33 bits per heavy atom. The summed E-state index contributed by atoms with van der Waals surface area (Å²) in [5.41, 5.74) is 2.09. The first-order valence-corrected chi connectivity index (χ1v) is 11.9. The highest BCUT2D eigenvalue weighted by Crippen LogP contribution is 2.27. The van der Waals surface area contributed by atoms with Gasteiger partial charge in [-0.1, -0.05) is 5.16 Å². The van der Waals surface area contributed by atoms with E-state index in [-0.39, 0.29) is 5.25 Å². The number of carboxylic acid groups (broad SMARTS) is 1. The summed E-state index contributed by atoms with van der Waals surface area (Å²) in [4.78, 5) is 11.2. The van der Waals surface area contributed by atoms with Gasteiger partial charge in [0, 0.05) is 45.0 Å². The standard InChI is InChI=1S/C17H25N5O3S.C2HF3O2/c1-13-8-15(20-25-13)11-21-9-14(10-22-16(12-21)5-6-18-22)4-7-19-26(23,24)17-2-3-17;3-2(4,5)1(6)7/h5-6,8,14,17,19H,2-4,7,9-12H2,1H3;(H,6,7). The van der Waals surface area contributed by atoms with Gasteiger partial charge in [0.05, 0.1) is 16.6 Å². The molecule has 33 heavy (non-hydrogen) atoms. The Bertz CT molecular complexity index is 1050. The van der Waals surface area contributed by atoms with Crippen LogP contribution in [-0.4, -0.2) is 63.8 Å². The first-order chi connectivity index (χ1) is 15.4. The molecule has 0 spiro atoms. The number of alkyl halides is 3. The second-order valence-electron chi connectivity index (χ2n) is 8.20. The van der Waals surface area contributed by atoms with Crippen LogP contribution in [0.15, 0.2) is 22.9 Å². The Morgan fingerprint density at radius 2 is 2.03 bits per heavy atom. The van der Waals surface area contributed by atoms with Gasteiger partial charge in [0.1, 0.15) is 5.76 Å². The molecule has 1 atom stereocenters. The van der Waals surface area contributed by atoms with E-state index in [0.29, 0.717) is 19.0 Å². The summed E-state index contributed by atoms with van der Waals surface area (Å²) in [6.45, 7) is 5.57. The molecule has 0 amide bonds. The van der Waals surface area contributed by atoms with E-state index in [9.17, 15) is 21.6 Å². The molecule has 1 unspecified atom stereocenters. The van der Waals surface area contributed by atoms with Crippen molar-refractivity contribution in [3.8, 4) is 0 Å². The second kappa shape index (κ2) is 10.2. The van der Waals surface area contributed by atoms with Gasteiger partial charge in [-0.25, -0.2) is 17.9 Å². The molecule has 14 heteroatoms. The fraction of sp³-hybridized carbons (Fsp3) is 0.632. The van der Waals surface area contributed by atoms with Gasteiger partial charge in [-0.15, -0.1) is 0 Å².